The van der Waals surface area contributed by atoms with Crippen molar-refractivity contribution in [3.05, 3.63) is 35.4 Å². The van der Waals surface area contributed by atoms with E-state index in [1.54, 1.807) is 0 Å². The topological polar surface area (TPSA) is 12.0 Å². The molecule has 3 heteroatoms. The Balaban J connectivity index is 1.75. The van der Waals surface area contributed by atoms with Crippen molar-refractivity contribution in [3.8, 4) is 0 Å². The molecule has 1 aromatic rings. The minimum Gasteiger partial charge on any atom is -0.309 e. The molecule has 2 aliphatic carbocycles. The van der Waals surface area contributed by atoms with E-state index in [0.29, 0.717) is 23.6 Å². The van der Waals surface area contributed by atoms with Crippen molar-refractivity contribution in [1.82, 2.24) is 5.32 Å². The van der Waals surface area contributed by atoms with Crippen molar-refractivity contribution in [3.63, 3.8) is 0 Å². The van der Waals surface area contributed by atoms with Crippen LogP contribution < -0.4 is 5.32 Å². The fourth-order valence-electron chi connectivity index (χ4n) is 4.74. The highest BCUT2D eigenvalue weighted by atomic mass is 19.1. The first-order valence-corrected chi connectivity index (χ1v) is 7.50. The van der Waals surface area contributed by atoms with Crippen LogP contribution in [-0.2, 0) is 6.54 Å². The van der Waals surface area contributed by atoms with Gasteiger partial charge in [-0.15, -0.1) is 0 Å². The highest BCUT2D eigenvalue weighted by molar-refractivity contribution is 5.19. The van der Waals surface area contributed by atoms with Gasteiger partial charge in [-0.1, -0.05) is 20.8 Å². The predicted molar refractivity (Wildman–Crippen MR) is 76.2 cm³/mol. The minimum absolute atomic E-state index is 0.263. The lowest BCUT2D eigenvalue weighted by Crippen LogP contribution is -2.49. The molecule has 3 atom stereocenters. The van der Waals surface area contributed by atoms with Crippen molar-refractivity contribution in [1.29, 1.82) is 0 Å². The standard InChI is InChI=1S/C17H23F2N/c1-16(2)12-4-5-17(3,9-12)15(16)20-10-11-6-13(18)8-14(19)7-11/h6-8,12,15,20H,4-5,9-10H2,1-3H3. The lowest BCUT2D eigenvalue weighted by molar-refractivity contribution is 0.108. The maximum absolute atomic E-state index is 13.2. The van der Waals surface area contributed by atoms with Crippen LogP contribution in [0, 0.1) is 28.4 Å². The Kier molecular flexibility index (Phi) is 3.16. The van der Waals surface area contributed by atoms with Crippen molar-refractivity contribution >= 4 is 0 Å². The van der Waals surface area contributed by atoms with E-state index < -0.39 is 11.6 Å². The fourth-order valence-corrected chi connectivity index (χ4v) is 4.74. The molecule has 1 N–H and O–H groups in total. The van der Waals surface area contributed by atoms with Crippen LogP contribution in [0.4, 0.5) is 8.78 Å². The molecule has 0 aliphatic heterocycles. The van der Waals surface area contributed by atoms with E-state index in [1.165, 1.54) is 31.4 Å². The zero-order valence-electron chi connectivity index (χ0n) is 12.5. The Morgan fingerprint density at radius 3 is 2.35 bits per heavy atom. The summed E-state index contributed by atoms with van der Waals surface area (Å²) in [4.78, 5) is 0. The Labute approximate surface area is 119 Å². The first kappa shape index (κ1) is 14.0. The van der Waals surface area contributed by atoms with E-state index in [-0.39, 0.29) is 5.41 Å². The van der Waals surface area contributed by atoms with Gasteiger partial charge >= 0.3 is 0 Å². The Morgan fingerprint density at radius 1 is 1.15 bits per heavy atom. The van der Waals surface area contributed by atoms with Gasteiger partial charge in [-0.2, -0.15) is 0 Å². The lowest BCUT2D eigenvalue weighted by atomic mass is 9.68. The summed E-state index contributed by atoms with van der Waals surface area (Å²) < 4.78 is 26.5. The van der Waals surface area contributed by atoms with Gasteiger partial charge in [0.1, 0.15) is 11.6 Å². The third kappa shape index (κ3) is 2.16. The molecule has 1 aromatic carbocycles. The summed E-state index contributed by atoms with van der Waals surface area (Å²) in [5, 5.41) is 3.58. The number of hydrogen-bond acceptors (Lipinski definition) is 1. The fraction of sp³-hybridized carbons (Fsp3) is 0.647. The monoisotopic (exact) mass is 279 g/mol. The number of halogens is 2. The van der Waals surface area contributed by atoms with Crippen LogP contribution in [-0.4, -0.2) is 6.04 Å². The van der Waals surface area contributed by atoms with Crippen LogP contribution in [0.1, 0.15) is 45.6 Å². The summed E-state index contributed by atoms with van der Waals surface area (Å²) in [6.45, 7) is 7.54. The first-order valence-electron chi connectivity index (χ1n) is 7.50. The van der Waals surface area contributed by atoms with Gasteiger partial charge in [-0.3, -0.25) is 0 Å². The highest BCUT2D eigenvalue weighted by Crippen LogP contribution is 2.62. The molecular formula is C17H23F2N. The smallest absolute Gasteiger partial charge is 0.126 e. The summed E-state index contributed by atoms with van der Waals surface area (Å²) in [6, 6.07) is 4.17. The van der Waals surface area contributed by atoms with Crippen LogP contribution in [0.5, 0.6) is 0 Å². The van der Waals surface area contributed by atoms with Gasteiger partial charge < -0.3 is 5.32 Å². The average Bonchev–Trinajstić information content (AvgIpc) is 2.78. The molecule has 1 nitrogen and oxygen atoms in total. The second-order valence-electron chi connectivity index (χ2n) is 7.51. The minimum atomic E-state index is -0.500. The summed E-state index contributed by atoms with van der Waals surface area (Å²) in [5.41, 5.74) is 1.28. The van der Waals surface area contributed by atoms with Crippen molar-refractivity contribution in [2.24, 2.45) is 16.7 Å². The second kappa shape index (κ2) is 4.52. The normalized spacial score (nSPS) is 34.6. The van der Waals surface area contributed by atoms with Gasteiger partial charge in [-0.25, -0.2) is 8.78 Å². The van der Waals surface area contributed by atoms with E-state index in [2.05, 4.69) is 26.1 Å². The molecule has 2 saturated carbocycles. The average molecular weight is 279 g/mol. The SMILES string of the molecule is CC12CCC(C1)C(C)(C)C2NCc1cc(F)cc(F)c1. The molecule has 0 aromatic heterocycles. The maximum atomic E-state index is 13.2. The molecule has 0 amide bonds. The molecule has 2 aliphatic rings. The molecule has 110 valence electrons. The lowest BCUT2D eigenvalue weighted by Gasteiger charge is -2.43. The zero-order valence-corrected chi connectivity index (χ0v) is 12.5. The van der Waals surface area contributed by atoms with E-state index in [4.69, 9.17) is 0 Å². The number of nitrogens with one attached hydrogen (secondary N) is 1. The number of benzene rings is 1. The van der Waals surface area contributed by atoms with E-state index >= 15 is 0 Å². The summed E-state index contributed by atoms with van der Waals surface area (Å²) in [7, 11) is 0. The molecule has 20 heavy (non-hydrogen) atoms. The van der Waals surface area contributed by atoms with Gasteiger partial charge in [0.15, 0.2) is 0 Å². The van der Waals surface area contributed by atoms with Crippen molar-refractivity contribution < 1.29 is 8.78 Å². The molecule has 0 saturated heterocycles. The van der Waals surface area contributed by atoms with Crippen molar-refractivity contribution in [2.45, 2.75) is 52.6 Å². The number of rotatable bonds is 3. The van der Waals surface area contributed by atoms with Crippen LogP contribution in [0.15, 0.2) is 18.2 Å². The molecular weight excluding hydrogens is 256 g/mol. The maximum Gasteiger partial charge on any atom is 0.126 e. The summed E-state index contributed by atoms with van der Waals surface area (Å²) in [5.74, 6) is -0.227. The van der Waals surface area contributed by atoms with Gasteiger partial charge in [-0.05, 0) is 53.7 Å². The second-order valence-corrected chi connectivity index (χ2v) is 7.51. The molecule has 0 spiro atoms. The van der Waals surface area contributed by atoms with Gasteiger partial charge in [0.05, 0.1) is 0 Å². The summed E-state index contributed by atoms with van der Waals surface area (Å²) >= 11 is 0. The van der Waals surface area contributed by atoms with E-state index in [9.17, 15) is 8.78 Å². The quantitative estimate of drug-likeness (QED) is 0.871. The highest BCUT2D eigenvalue weighted by Gasteiger charge is 2.58. The first-order chi connectivity index (χ1) is 9.31. The van der Waals surface area contributed by atoms with Gasteiger partial charge in [0, 0.05) is 18.7 Å². The molecule has 3 rings (SSSR count). The molecule has 2 fully saturated rings. The number of hydrogen-bond donors (Lipinski definition) is 1. The zero-order chi connectivity index (χ0) is 14.5. The van der Waals surface area contributed by atoms with Crippen LogP contribution in [0.3, 0.4) is 0 Å². The Bertz CT molecular complexity index is 501. The molecule has 2 bridgehead atoms. The molecule has 0 heterocycles. The Morgan fingerprint density at radius 2 is 1.80 bits per heavy atom. The largest absolute Gasteiger partial charge is 0.309 e. The Hall–Kier alpha value is -0.960. The summed E-state index contributed by atoms with van der Waals surface area (Å²) in [6.07, 6.45) is 3.85. The van der Waals surface area contributed by atoms with E-state index in [0.717, 1.165) is 12.0 Å². The third-order valence-corrected chi connectivity index (χ3v) is 5.70. The van der Waals surface area contributed by atoms with Crippen molar-refractivity contribution in [2.75, 3.05) is 0 Å². The molecule has 3 unspecified atom stereocenters. The van der Waals surface area contributed by atoms with E-state index in [1.807, 2.05) is 0 Å². The van der Waals surface area contributed by atoms with Gasteiger partial charge in [0.25, 0.3) is 0 Å². The number of fused-ring (bicyclic) bond motifs is 2. The third-order valence-electron chi connectivity index (χ3n) is 5.70. The van der Waals surface area contributed by atoms with Crippen LogP contribution in [0.25, 0.3) is 0 Å². The predicted octanol–water partition coefficient (Wildman–Crippen LogP) is 4.27. The van der Waals surface area contributed by atoms with Gasteiger partial charge in [0.2, 0.25) is 0 Å². The molecule has 0 radical (unpaired) electrons. The van der Waals surface area contributed by atoms with Crippen LogP contribution in [0.2, 0.25) is 0 Å². The van der Waals surface area contributed by atoms with Crippen LogP contribution >= 0.6 is 0 Å².